The fourth-order valence-electron chi connectivity index (χ4n) is 2.86. The van der Waals surface area contributed by atoms with Gasteiger partial charge >= 0.3 is 0 Å². The molecule has 4 nitrogen and oxygen atoms in total. The van der Waals surface area contributed by atoms with Gasteiger partial charge in [-0.1, -0.05) is 6.07 Å². The van der Waals surface area contributed by atoms with E-state index in [1.807, 2.05) is 35.4 Å². The van der Waals surface area contributed by atoms with E-state index in [9.17, 15) is 4.79 Å². The molecule has 0 radical (unpaired) electrons. The second-order valence-corrected chi connectivity index (χ2v) is 5.85. The lowest BCUT2D eigenvalue weighted by atomic mass is 10.1. The number of methoxy groups -OCH3 is 1. The fourth-order valence-corrected chi connectivity index (χ4v) is 2.86. The minimum absolute atomic E-state index is 0.1000. The Hall–Kier alpha value is -1.81. The number of ether oxygens (including phenoxy) is 1. The summed E-state index contributed by atoms with van der Waals surface area (Å²) in [5.74, 6) is 0.753. The van der Waals surface area contributed by atoms with Crippen molar-refractivity contribution in [3.05, 3.63) is 36.0 Å². The minimum atomic E-state index is 0.1000. The van der Waals surface area contributed by atoms with Crippen LogP contribution in [0.4, 0.5) is 0 Å². The Labute approximate surface area is 125 Å². The van der Waals surface area contributed by atoms with Gasteiger partial charge in [-0.3, -0.25) is 4.79 Å². The van der Waals surface area contributed by atoms with Crippen molar-refractivity contribution in [2.75, 3.05) is 20.3 Å². The summed E-state index contributed by atoms with van der Waals surface area (Å²) in [6, 6.07) is 8.15. The summed E-state index contributed by atoms with van der Waals surface area (Å²) in [6.07, 6.45) is 4.36. The van der Waals surface area contributed by atoms with Crippen LogP contribution in [0.25, 0.3) is 10.9 Å². The number of aromatic nitrogens is 1. The van der Waals surface area contributed by atoms with Crippen molar-refractivity contribution < 1.29 is 9.53 Å². The first kappa shape index (κ1) is 14.1. The van der Waals surface area contributed by atoms with Gasteiger partial charge in [0.25, 0.3) is 5.91 Å². The summed E-state index contributed by atoms with van der Waals surface area (Å²) in [6.45, 7) is 3.38. The Bertz CT molecular complexity index is 631. The molecule has 112 valence electrons. The number of rotatable bonds is 6. The third-order valence-corrected chi connectivity index (χ3v) is 4.39. The van der Waals surface area contributed by atoms with Gasteiger partial charge in [0.05, 0.1) is 6.61 Å². The average molecular weight is 286 g/mol. The van der Waals surface area contributed by atoms with Crippen molar-refractivity contribution in [1.82, 2.24) is 9.88 Å². The predicted octanol–water partition coefficient (Wildman–Crippen LogP) is 3.06. The van der Waals surface area contributed by atoms with Gasteiger partial charge < -0.3 is 14.6 Å². The van der Waals surface area contributed by atoms with Gasteiger partial charge in [0.1, 0.15) is 0 Å². The maximum Gasteiger partial charge on any atom is 0.254 e. The monoisotopic (exact) mass is 286 g/mol. The van der Waals surface area contributed by atoms with Crippen LogP contribution < -0.4 is 0 Å². The second kappa shape index (κ2) is 5.90. The van der Waals surface area contributed by atoms with Gasteiger partial charge in [0.2, 0.25) is 0 Å². The molecule has 1 atom stereocenters. The van der Waals surface area contributed by atoms with E-state index < -0.39 is 0 Å². The number of nitrogens with zero attached hydrogens (tertiary/aromatic N) is 1. The predicted molar refractivity (Wildman–Crippen MR) is 83.4 cm³/mol. The lowest BCUT2D eigenvalue weighted by molar-refractivity contribution is 0.0595. The van der Waals surface area contributed by atoms with E-state index in [0.29, 0.717) is 19.1 Å². The molecule has 1 aromatic carbocycles. The molecule has 21 heavy (non-hydrogen) atoms. The van der Waals surface area contributed by atoms with Crippen LogP contribution in [-0.4, -0.2) is 42.1 Å². The molecule has 4 heteroatoms. The molecule has 0 bridgehead atoms. The smallest absolute Gasteiger partial charge is 0.254 e. The number of H-pyrrole nitrogens is 1. The summed E-state index contributed by atoms with van der Waals surface area (Å²) < 4.78 is 5.17. The topological polar surface area (TPSA) is 45.3 Å². The molecule has 1 fully saturated rings. The number of hydrogen-bond donors (Lipinski definition) is 1. The van der Waals surface area contributed by atoms with Crippen LogP contribution in [0, 0.1) is 5.92 Å². The molecular weight excluding hydrogens is 264 g/mol. The number of aromatic amines is 1. The first-order valence-corrected chi connectivity index (χ1v) is 7.57. The first-order valence-electron chi connectivity index (χ1n) is 7.57. The normalized spacial score (nSPS) is 16.1. The van der Waals surface area contributed by atoms with Crippen molar-refractivity contribution in [3.63, 3.8) is 0 Å². The summed E-state index contributed by atoms with van der Waals surface area (Å²) in [4.78, 5) is 18.0. The zero-order chi connectivity index (χ0) is 14.8. The molecule has 3 rings (SSSR count). The van der Waals surface area contributed by atoms with Gasteiger partial charge in [0.15, 0.2) is 0 Å². The first-order chi connectivity index (χ1) is 10.2. The van der Waals surface area contributed by atoms with E-state index in [1.165, 1.54) is 12.8 Å². The molecular formula is C17H22N2O2. The summed E-state index contributed by atoms with van der Waals surface area (Å²) in [5.41, 5.74) is 1.75. The van der Waals surface area contributed by atoms with Crippen molar-refractivity contribution in [2.45, 2.75) is 25.8 Å². The zero-order valence-corrected chi connectivity index (χ0v) is 12.6. The van der Waals surface area contributed by atoms with Crippen molar-refractivity contribution in [1.29, 1.82) is 0 Å². The number of nitrogens with one attached hydrogen (secondary N) is 1. The molecule has 1 heterocycles. The molecule has 1 amide bonds. The maximum atomic E-state index is 12.8. The number of carbonyl (C=O) groups excluding carboxylic acids is 1. The highest BCUT2D eigenvalue weighted by molar-refractivity contribution is 5.98. The summed E-state index contributed by atoms with van der Waals surface area (Å²) in [7, 11) is 1.68. The summed E-state index contributed by atoms with van der Waals surface area (Å²) >= 11 is 0. The van der Waals surface area contributed by atoms with E-state index in [-0.39, 0.29) is 11.9 Å². The number of carbonyl (C=O) groups is 1. The Kier molecular flexibility index (Phi) is 3.97. The molecule has 1 unspecified atom stereocenters. The average Bonchev–Trinajstić information content (AvgIpc) is 3.24. The van der Waals surface area contributed by atoms with Crippen molar-refractivity contribution >= 4 is 16.8 Å². The van der Waals surface area contributed by atoms with Crippen LogP contribution in [0.1, 0.15) is 30.1 Å². The quantitative estimate of drug-likeness (QED) is 0.887. The van der Waals surface area contributed by atoms with E-state index >= 15 is 0 Å². The molecule has 1 aromatic heterocycles. The molecule has 0 saturated heterocycles. The number of amides is 1. The standard InChI is InChI=1S/C17H22N2O2/c1-12(13-3-4-13)19(9-10-21-2)17(20)15-6-5-14-7-8-18-16(14)11-15/h5-8,11-13,18H,3-4,9-10H2,1-2H3. The van der Waals surface area contributed by atoms with Crippen LogP contribution in [0.3, 0.4) is 0 Å². The fraction of sp³-hybridized carbons (Fsp3) is 0.471. The van der Waals surface area contributed by atoms with Crippen LogP contribution in [0.15, 0.2) is 30.5 Å². The Morgan fingerprint density at radius 3 is 2.95 bits per heavy atom. The molecule has 0 spiro atoms. The van der Waals surface area contributed by atoms with Gasteiger partial charge in [-0.05, 0) is 49.3 Å². The van der Waals surface area contributed by atoms with Crippen LogP contribution in [0.2, 0.25) is 0 Å². The third-order valence-electron chi connectivity index (χ3n) is 4.39. The molecule has 1 aliphatic rings. The lowest BCUT2D eigenvalue weighted by Crippen LogP contribution is -2.42. The van der Waals surface area contributed by atoms with Gasteiger partial charge in [-0.25, -0.2) is 0 Å². The Morgan fingerprint density at radius 1 is 1.43 bits per heavy atom. The largest absolute Gasteiger partial charge is 0.383 e. The summed E-state index contributed by atoms with van der Waals surface area (Å²) in [5, 5.41) is 1.13. The zero-order valence-electron chi connectivity index (χ0n) is 12.6. The SMILES string of the molecule is COCCN(C(=O)c1ccc2cc[nH]c2c1)C(C)C1CC1. The molecule has 1 saturated carbocycles. The third kappa shape index (κ3) is 2.95. The second-order valence-electron chi connectivity index (χ2n) is 5.85. The van der Waals surface area contributed by atoms with Crippen LogP contribution in [-0.2, 0) is 4.74 Å². The van der Waals surface area contributed by atoms with E-state index in [4.69, 9.17) is 4.74 Å². The van der Waals surface area contributed by atoms with Gasteiger partial charge in [0, 0.05) is 37.0 Å². The Balaban J connectivity index is 1.84. The highest BCUT2D eigenvalue weighted by Gasteiger charge is 2.34. The van der Waals surface area contributed by atoms with Crippen molar-refractivity contribution in [2.24, 2.45) is 5.92 Å². The highest BCUT2D eigenvalue weighted by Crippen LogP contribution is 2.35. The lowest BCUT2D eigenvalue weighted by Gasteiger charge is -2.29. The van der Waals surface area contributed by atoms with Crippen LogP contribution in [0.5, 0.6) is 0 Å². The van der Waals surface area contributed by atoms with E-state index in [2.05, 4.69) is 11.9 Å². The Morgan fingerprint density at radius 2 is 2.24 bits per heavy atom. The van der Waals surface area contributed by atoms with E-state index in [1.54, 1.807) is 7.11 Å². The number of hydrogen-bond acceptors (Lipinski definition) is 2. The van der Waals surface area contributed by atoms with Gasteiger partial charge in [-0.2, -0.15) is 0 Å². The minimum Gasteiger partial charge on any atom is -0.383 e. The molecule has 2 aromatic rings. The molecule has 1 aliphatic carbocycles. The van der Waals surface area contributed by atoms with Gasteiger partial charge in [-0.15, -0.1) is 0 Å². The van der Waals surface area contributed by atoms with E-state index in [0.717, 1.165) is 16.5 Å². The highest BCUT2D eigenvalue weighted by atomic mass is 16.5. The van der Waals surface area contributed by atoms with Crippen molar-refractivity contribution in [3.8, 4) is 0 Å². The molecule has 0 aliphatic heterocycles. The molecule has 1 N–H and O–H groups in total. The number of fused-ring (bicyclic) bond motifs is 1. The number of benzene rings is 1. The maximum absolute atomic E-state index is 12.8. The van der Waals surface area contributed by atoms with Crippen LogP contribution >= 0.6 is 0 Å².